The van der Waals surface area contributed by atoms with Gasteiger partial charge in [0.05, 0.1) is 11.9 Å². The number of urea groups is 1. The molecule has 122 valence electrons. The highest BCUT2D eigenvalue weighted by atomic mass is 35.5. The Labute approximate surface area is 146 Å². The van der Waals surface area contributed by atoms with Gasteiger partial charge in [-0.1, -0.05) is 54.1 Å². The Balaban J connectivity index is 1.54. The smallest absolute Gasteiger partial charge is 0.319 e. The Morgan fingerprint density at radius 3 is 2.79 bits per heavy atom. The number of hydrogen-bond donors (Lipinski definition) is 0. The summed E-state index contributed by atoms with van der Waals surface area (Å²) < 4.78 is 0. The van der Waals surface area contributed by atoms with Crippen LogP contribution in [0.3, 0.4) is 0 Å². The van der Waals surface area contributed by atoms with Crippen LogP contribution in [-0.2, 0) is 0 Å². The predicted molar refractivity (Wildman–Crippen MR) is 98.2 cm³/mol. The molecule has 0 bridgehead atoms. The van der Waals surface area contributed by atoms with Crippen LogP contribution in [0.1, 0.15) is 5.56 Å². The second-order valence-electron chi connectivity index (χ2n) is 5.40. The summed E-state index contributed by atoms with van der Waals surface area (Å²) in [5.74, 6) is 0. The molecule has 2 amide bonds. The van der Waals surface area contributed by atoms with Crippen LogP contribution in [0.2, 0.25) is 5.02 Å². The van der Waals surface area contributed by atoms with E-state index in [0.29, 0.717) is 19.6 Å². The van der Waals surface area contributed by atoms with Crippen molar-refractivity contribution in [2.75, 3.05) is 24.5 Å². The number of amides is 2. The molecule has 0 aliphatic carbocycles. The third kappa shape index (κ3) is 3.84. The molecule has 0 atom stereocenters. The molecule has 0 spiro atoms. The average molecular weight is 340 g/mol. The van der Waals surface area contributed by atoms with Gasteiger partial charge in [-0.25, -0.2) is 4.79 Å². The average Bonchev–Trinajstić information content (AvgIpc) is 2.98. The Bertz CT molecular complexity index is 758. The SMILES string of the molecule is O=C1N(C/C=C/C=C/c2ccccc2Cl)CCN1c1cccnc1. The standard InChI is InChI=1S/C19H18ClN3O/c20-18-10-4-3-8-16(18)7-2-1-5-12-22-13-14-23(19(22)24)17-9-6-11-21-15-17/h1-11,15H,12-14H2/b5-1+,7-2+. The molecule has 2 aromatic rings. The molecule has 1 aromatic heterocycles. The van der Waals surface area contributed by atoms with Gasteiger partial charge in [-0.15, -0.1) is 0 Å². The van der Waals surface area contributed by atoms with Crippen LogP contribution >= 0.6 is 11.6 Å². The maximum atomic E-state index is 12.4. The van der Waals surface area contributed by atoms with Crippen LogP contribution in [-0.4, -0.2) is 35.5 Å². The van der Waals surface area contributed by atoms with Crippen LogP contribution in [0.15, 0.2) is 67.0 Å². The molecule has 0 unspecified atom stereocenters. The predicted octanol–water partition coefficient (Wildman–Crippen LogP) is 4.25. The van der Waals surface area contributed by atoms with Gasteiger partial charge in [-0.2, -0.15) is 0 Å². The Morgan fingerprint density at radius 1 is 1.12 bits per heavy atom. The number of hydrogen-bond acceptors (Lipinski definition) is 2. The van der Waals surface area contributed by atoms with Crippen LogP contribution in [0, 0.1) is 0 Å². The van der Waals surface area contributed by atoms with Crippen molar-refractivity contribution in [1.29, 1.82) is 0 Å². The first kappa shape index (κ1) is 16.3. The lowest BCUT2D eigenvalue weighted by Crippen LogP contribution is -2.31. The highest BCUT2D eigenvalue weighted by molar-refractivity contribution is 6.32. The zero-order valence-corrected chi connectivity index (χ0v) is 13.9. The fraction of sp³-hybridized carbons (Fsp3) is 0.158. The lowest BCUT2D eigenvalue weighted by atomic mass is 10.2. The van der Waals surface area contributed by atoms with E-state index in [-0.39, 0.29) is 6.03 Å². The van der Waals surface area contributed by atoms with Gasteiger partial charge in [0, 0.05) is 30.9 Å². The van der Waals surface area contributed by atoms with Crippen molar-refractivity contribution in [2.45, 2.75) is 0 Å². The number of nitrogens with zero attached hydrogens (tertiary/aromatic N) is 3. The van der Waals surface area contributed by atoms with Crippen molar-refractivity contribution in [1.82, 2.24) is 9.88 Å². The van der Waals surface area contributed by atoms with Gasteiger partial charge in [0.1, 0.15) is 0 Å². The molecule has 1 saturated heterocycles. The molecule has 2 heterocycles. The summed E-state index contributed by atoms with van der Waals surface area (Å²) in [4.78, 5) is 20.0. The summed E-state index contributed by atoms with van der Waals surface area (Å²) in [6.45, 7) is 1.99. The number of aromatic nitrogens is 1. The van der Waals surface area contributed by atoms with E-state index in [2.05, 4.69) is 4.98 Å². The van der Waals surface area contributed by atoms with Crippen molar-refractivity contribution < 1.29 is 4.79 Å². The largest absolute Gasteiger partial charge is 0.324 e. The van der Waals surface area contributed by atoms with E-state index in [0.717, 1.165) is 16.3 Å². The van der Waals surface area contributed by atoms with Crippen molar-refractivity contribution in [3.63, 3.8) is 0 Å². The first-order valence-corrected chi connectivity index (χ1v) is 8.18. The highest BCUT2D eigenvalue weighted by Crippen LogP contribution is 2.19. The second-order valence-corrected chi connectivity index (χ2v) is 5.81. The molecule has 24 heavy (non-hydrogen) atoms. The summed E-state index contributed by atoms with van der Waals surface area (Å²) in [5.41, 5.74) is 1.82. The van der Waals surface area contributed by atoms with E-state index >= 15 is 0 Å². The third-order valence-electron chi connectivity index (χ3n) is 3.81. The monoisotopic (exact) mass is 339 g/mol. The minimum Gasteiger partial charge on any atom is -0.319 e. The van der Waals surface area contributed by atoms with Crippen molar-refractivity contribution >= 4 is 29.4 Å². The van der Waals surface area contributed by atoms with E-state index in [1.807, 2.05) is 65.6 Å². The Kier molecular flexibility index (Phi) is 5.29. The minimum atomic E-state index is 0.0164. The summed E-state index contributed by atoms with van der Waals surface area (Å²) in [6, 6.07) is 11.4. The number of allylic oxidation sites excluding steroid dienone is 2. The summed E-state index contributed by atoms with van der Waals surface area (Å²) in [6.07, 6.45) is 11.2. The van der Waals surface area contributed by atoms with E-state index < -0.39 is 0 Å². The molecular weight excluding hydrogens is 322 g/mol. The molecule has 1 aliphatic heterocycles. The second kappa shape index (κ2) is 7.79. The van der Waals surface area contributed by atoms with E-state index in [1.165, 1.54) is 0 Å². The van der Waals surface area contributed by atoms with Gasteiger partial charge in [-0.05, 0) is 23.8 Å². The van der Waals surface area contributed by atoms with E-state index in [1.54, 1.807) is 17.3 Å². The summed E-state index contributed by atoms with van der Waals surface area (Å²) >= 11 is 6.10. The molecule has 5 heteroatoms. The number of carbonyl (C=O) groups excluding carboxylic acids is 1. The maximum absolute atomic E-state index is 12.4. The van der Waals surface area contributed by atoms with Crippen LogP contribution < -0.4 is 4.90 Å². The van der Waals surface area contributed by atoms with Crippen molar-refractivity contribution in [3.8, 4) is 0 Å². The Hall–Kier alpha value is -2.59. The van der Waals surface area contributed by atoms with Crippen molar-refractivity contribution in [3.05, 3.63) is 77.6 Å². The molecule has 0 saturated carbocycles. The number of anilines is 1. The lowest BCUT2D eigenvalue weighted by molar-refractivity contribution is 0.225. The molecule has 3 rings (SSSR count). The van der Waals surface area contributed by atoms with Crippen LogP contribution in [0.4, 0.5) is 10.5 Å². The van der Waals surface area contributed by atoms with Gasteiger partial charge in [0.25, 0.3) is 0 Å². The fourth-order valence-corrected chi connectivity index (χ4v) is 2.74. The number of benzene rings is 1. The van der Waals surface area contributed by atoms with Crippen molar-refractivity contribution in [2.24, 2.45) is 0 Å². The van der Waals surface area contributed by atoms with Gasteiger partial charge < -0.3 is 4.90 Å². The van der Waals surface area contributed by atoms with E-state index in [9.17, 15) is 4.79 Å². The highest BCUT2D eigenvalue weighted by Gasteiger charge is 2.28. The lowest BCUT2D eigenvalue weighted by Gasteiger charge is -2.16. The van der Waals surface area contributed by atoms with Gasteiger partial charge >= 0.3 is 6.03 Å². The molecule has 4 nitrogen and oxygen atoms in total. The first-order valence-electron chi connectivity index (χ1n) is 7.80. The van der Waals surface area contributed by atoms with Crippen LogP contribution in [0.25, 0.3) is 6.08 Å². The first-order chi connectivity index (χ1) is 11.8. The molecule has 1 aromatic carbocycles. The van der Waals surface area contributed by atoms with Crippen LogP contribution in [0.5, 0.6) is 0 Å². The molecular formula is C19H18ClN3O. The number of halogens is 1. The maximum Gasteiger partial charge on any atom is 0.324 e. The number of rotatable bonds is 5. The number of carbonyl (C=O) groups is 1. The van der Waals surface area contributed by atoms with Gasteiger partial charge in [0.15, 0.2) is 0 Å². The zero-order valence-electron chi connectivity index (χ0n) is 13.2. The topological polar surface area (TPSA) is 36.4 Å². The van der Waals surface area contributed by atoms with E-state index in [4.69, 9.17) is 11.6 Å². The normalized spacial score (nSPS) is 15.1. The summed E-state index contributed by atoms with van der Waals surface area (Å²) in [5, 5.41) is 0.726. The Morgan fingerprint density at radius 2 is 2.00 bits per heavy atom. The fourth-order valence-electron chi connectivity index (χ4n) is 2.54. The quantitative estimate of drug-likeness (QED) is 0.764. The summed E-state index contributed by atoms with van der Waals surface area (Å²) in [7, 11) is 0. The molecule has 0 radical (unpaired) electrons. The zero-order chi connectivity index (χ0) is 16.8. The third-order valence-corrected chi connectivity index (χ3v) is 4.15. The minimum absolute atomic E-state index is 0.0164. The van der Waals surface area contributed by atoms with Gasteiger partial charge in [-0.3, -0.25) is 9.88 Å². The molecule has 1 fully saturated rings. The number of pyridine rings is 1. The molecule has 0 N–H and O–H groups in total. The molecule has 1 aliphatic rings. The van der Waals surface area contributed by atoms with Gasteiger partial charge in [0.2, 0.25) is 0 Å².